The molecule has 0 saturated carbocycles. The molecule has 0 atom stereocenters. The Morgan fingerprint density at radius 2 is 1.77 bits per heavy atom. The standard InChI is InChI=1S/C20H17ClN2O2S/c21-16-9-8-15(13-17(16)23-20(25)18-7-4-12-26-18)19(24)22-11-10-14-5-2-1-3-6-14/h1-9,12-13H,10-11H2,(H,22,24)(H,23,25). The van der Waals surface area contributed by atoms with Crippen LogP contribution in [0.1, 0.15) is 25.6 Å². The van der Waals surface area contributed by atoms with E-state index in [0.29, 0.717) is 27.7 Å². The third kappa shape index (κ3) is 4.71. The molecule has 2 aromatic carbocycles. The van der Waals surface area contributed by atoms with Gasteiger partial charge in [-0.1, -0.05) is 48.0 Å². The number of anilines is 1. The number of carbonyl (C=O) groups is 2. The van der Waals surface area contributed by atoms with Crippen molar-refractivity contribution in [3.63, 3.8) is 0 Å². The Kier molecular flexibility index (Phi) is 6.04. The average Bonchev–Trinajstić information content (AvgIpc) is 3.19. The Balaban J connectivity index is 1.62. The van der Waals surface area contributed by atoms with E-state index in [0.717, 1.165) is 12.0 Å². The highest BCUT2D eigenvalue weighted by Crippen LogP contribution is 2.24. The number of nitrogens with one attached hydrogen (secondary N) is 2. The highest BCUT2D eigenvalue weighted by atomic mass is 35.5. The molecule has 0 fully saturated rings. The number of hydrogen-bond donors (Lipinski definition) is 2. The second kappa shape index (κ2) is 8.65. The summed E-state index contributed by atoms with van der Waals surface area (Å²) in [5.41, 5.74) is 2.03. The number of carbonyl (C=O) groups excluding carboxylic acids is 2. The number of hydrogen-bond acceptors (Lipinski definition) is 3. The van der Waals surface area contributed by atoms with Crippen LogP contribution in [0.5, 0.6) is 0 Å². The summed E-state index contributed by atoms with van der Waals surface area (Å²) in [5.74, 6) is -0.451. The first-order valence-electron chi connectivity index (χ1n) is 8.10. The molecule has 0 spiro atoms. The molecule has 0 saturated heterocycles. The van der Waals surface area contributed by atoms with Gasteiger partial charge in [0.15, 0.2) is 0 Å². The number of halogens is 1. The molecule has 132 valence electrons. The molecule has 4 nitrogen and oxygen atoms in total. The van der Waals surface area contributed by atoms with Crippen LogP contribution < -0.4 is 10.6 Å². The first kappa shape index (κ1) is 18.2. The summed E-state index contributed by atoms with van der Waals surface area (Å²) in [6, 6.07) is 18.3. The summed E-state index contributed by atoms with van der Waals surface area (Å²) < 4.78 is 0. The first-order chi connectivity index (χ1) is 12.6. The topological polar surface area (TPSA) is 58.2 Å². The van der Waals surface area contributed by atoms with Gasteiger partial charge in [0.05, 0.1) is 15.6 Å². The minimum Gasteiger partial charge on any atom is -0.352 e. The van der Waals surface area contributed by atoms with E-state index in [9.17, 15) is 9.59 Å². The Bertz CT molecular complexity index is 895. The lowest BCUT2D eigenvalue weighted by Gasteiger charge is -2.10. The van der Waals surface area contributed by atoms with E-state index in [1.807, 2.05) is 35.7 Å². The van der Waals surface area contributed by atoms with Gasteiger partial charge in [0, 0.05) is 12.1 Å². The molecule has 3 aromatic rings. The van der Waals surface area contributed by atoms with E-state index in [1.54, 1.807) is 30.3 Å². The molecule has 2 amide bonds. The zero-order chi connectivity index (χ0) is 18.4. The highest BCUT2D eigenvalue weighted by Gasteiger charge is 2.12. The quantitative estimate of drug-likeness (QED) is 0.651. The molecule has 3 rings (SSSR count). The predicted octanol–water partition coefficient (Wildman–Crippen LogP) is 4.63. The number of amides is 2. The third-order valence-corrected chi connectivity index (χ3v) is 4.96. The van der Waals surface area contributed by atoms with Gasteiger partial charge >= 0.3 is 0 Å². The van der Waals surface area contributed by atoms with Crippen LogP contribution in [0.2, 0.25) is 5.02 Å². The summed E-state index contributed by atoms with van der Waals surface area (Å²) in [4.78, 5) is 25.1. The van der Waals surface area contributed by atoms with Crippen LogP contribution in [0.4, 0.5) is 5.69 Å². The van der Waals surface area contributed by atoms with Crippen LogP contribution in [0.25, 0.3) is 0 Å². The fourth-order valence-corrected chi connectivity index (χ4v) is 3.20. The molecule has 6 heteroatoms. The summed E-state index contributed by atoms with van der Waals surface area (Å²) >= 11 is 7.49. The maximum atomic E-state index is 12.3. The van der Waals surface area contributed by atoms with Crippen LogP contribution >= 0.6 is 22.9 Å². The van der Waals surface area contributed by atoms with E-state index in [4.69, 9.17) is 11.6 Å². The van der Waals surface area contributed by atoms with Crippen LogP contribution in [0.3, 0.4) is 0 Å². The third-order valence-electron chi connectivity index (χ3n) is 3.76. The predicted molar refractivity (Wildman–Crippen MR) is 106 cm³/mol. The van der Waals surface area contributed by atoms with Crippen molar-refractivity contribution in [3.05, 3.63) is 87.1 Å². The van der Waals surface area contributed by atoms with Crippen molar-refractivity contribution in [2.75, 3.05) is 11.9 Å². The minimum atomic E-state index is -0.247. The van der Waals surface area contributed by atoms with E-state index in [1.165, 1.54) is 11.3 Å². The van der Waals surface area contributed by atoms with Crippen LogP contribution in [-0.4, -0.2) is 18.4 Å². The van der Waals surface area contributed by atoms with E-state index in [-0.39, 0.29) is 11.8 Å². The fourth-order valence-electron chi connectivity index (χ4n) is 2.42. The molecule has 2 N–H and O–H groups in total. The van der Waals surface area contributed by atoms with Gasteiger partial charge in [-0.05, 0) is 41.6 Å². The molecule has 0 aliphatic carbocycles. The minimum absolute atomic E-state index is 0.204. The van der Waals surface area contributed by atoms with Gasteiger partial charge in [0.1, 0.15) is 0 Å². The monoisotopic (exact) mass is 384 g/mol. The van der Waals surface area contributed by atoms with Crippen molar-refractivity contribution in [3.8, 4) is 0 Å². The molecular weight excluding hydrogens is 368 g/mol. The zero-order valence-electron chi connectivity index (χ0n) is 13.9. The molecule has 0 aliphatic heterocycles. The van der Waals surface area contributed by atoms with Crippen molar-refractivity contribution in [2.45, 2.75) is 6.42 Å². The highest BCUT2D eigenvalue weighted by molar-refractivity contribution is 7.12. The van der Waals surface area contributed by atoms with Gasteiger partial charge in [-0.2, -0.15) is 0 Å². The Hall–Kier alpha value is -2.63. The first-order valence-corrected chi connectivity index (χ1v) is 9.36. The van der Waals surface area contributed by atoms with Gasteiger partial charge in [-0.15, -0.1) is 11.3 Å². The van der Waals surface area contributed by atoms with Crippen molar-refractivity contribution in [2.24, 2.45) is 0 Å². The lowest BCUT2D eigenvalue weighted by atomic mass is 10.1. The van der Waals surface area contributed by atoms with Crippen LogP contribution in [0, 0.1) is 0 Å². The molecule has 26 heavy (non-hydrogen) atoms. The van der Waals surface area contributed by atoms with Crippen LogP contribution in [0.15, 0.2) is 66.0 Å². The summed E-state index contributed by atoms with van der Waals surface area (Å²) in [6.07, 6.45) is 0.752. The maximum Gasteiger partial charge on any atom is 0.265 e. The number of thiophene rings is 1. The molecule has 1 heterocycles. The maximum absolute atomic E-state index is 12.3. The fraction of sp³-hybridized carbons (Fsp3) is 0.100. The van der Waals surface area contributed by atoms with Gasteiger partial charge in [-0.3, -0.25) is 9.59 Å². The van der Waals surface area contributed by atoms with Crippen molar-refractivity contribution in [1.29, 1.82) is 0 Å². The van der Waals surface area contributed by atoms with Gasteiger partial charge < -0.3 is 10.6 Å². The van der Waals surface area contributed by atoms with Crippen LogP contribution in [-0.2, 0) is 6.42 Å². The molecule has 0 radical (unpaired) electrons. The summed E-state index contributed by atoms with van der Waals surface area (Å²) in [6.45, 7) is 0.530. The number of benzene rings is 2. The van der Waals surface area contributed by atoms with Crippen molar-refractivity contribution >= 4 is 40.4 Å². The second-order valence-corrected chi connectivity index (χ2v) is 6.97. The summed E-state index contributed by atoms with van der Waals surface area (Å²) in [5, 5.41) is 7.84. The van der Waals surface area contributed by atoms with Gasteiger partial charge in [-0.25, -0.2) is 0 Å². The molecular formula is C20H17ClN2O2S. The largest absolute Gasteiger partial charge is 0.352 e. The van der Waals surface area contributed by atoms with Crippen molar-refractivity contribution < 1.29 is 9.59 Å². The smallest absolute Gasteiger partial charge is 0.265 e. The normalized spacial score (nSPS) is 10.3. The molecule has 0 bridgehead atoms. The summed E-state index contributed by atoms with van der Waals surface area (Å²) in [7, 11) is 0. The van der Waals surface area contributed by atoms with E-state index < -0.39 is 0 Å². The second-order valence-electron chi connectivity index (χ2n) is 5.62. The Labute approximate surface area is 160 Å². The molecule has 1 aromatic heterocycles. The van der Waals surface area contributed by atoms with E-state index >= 15 is 0 Å². The molecule has 0 aliphatic rings. The lowest BCUT2D eigenvalue weighted by Crippen LogP contribution is -2.25. The van der Waals surface area contributed by atoms with Crippen molar-refractivity contribution in [1.82, 2.24) is 5.32 Å². The van der Waals surface area contributed by atoms with E-state index in [2.05, 4.69) is 10.6 Å². The molecule has 0 unspecified atom stereocenters. The number of rotatable bonds is 6. The zero-order valence-corrected chi connectivity index (χ0v) is 15.4. The average molecular weight is 385 g/mol. The Morgan fingerprint density at radius 3 is 2.50 bits per heavy atom. The Morgan fingerprint density at radius 1 is 0.962 bits per heavy atom. The lowest BCUT2D eigenvalue weighted by molar-refractivity contribution is 0.0952. The SMILES string of the molecule is O=C(NCCc1ccccc1)c1ccc(Cl)c(NC(=O)c2cccs2)c1. The van der Waals surface area contributed by atoms with Gasteiger partial charge in [0.25, 0.3) is 11.8 Å². The van der Waals surface area contributed by atoms with Gasteiger partial charge in [0.2, 0.25) is 0 Å².